The zero-order chi connectivity index (χ0) is 14.6. The summed E-state index contributed by atoms with van der Waals surface area (Å²) < 4.78 is 13.7. The van der Waals surface area contributed by atoms with Crippen molar-refractivity contribution in [3.63, 3.8) is 0 Å². The largest absolute Gasteiger partial charge is 0.481 e. The van der Waals surface area contributed by atoms with Gasteiger partial charge in [-0.1, -0.05) is 0 Å². The maximum absolute atomic E-state index is 13.8. The standard InChI is InChI=1S/C11H8BrFN2O4/c12-9-5(4-14)1-2-6(10(9)13)15-7(11(18)19)3-8(16)17/h1-2,7,15H,3H2,(H,16,17)(H,18,19). The maximum Gasteiger partial charge on any atom is 0.326 e. The average molecular weight is 331 g/mol. The lowest BCUT2D eigenvalue weighted by atomic mass is 10.1. The molecule has 6 nitrogen and oxygen atoms in total. The molecule has 0 aromatic heterocycles. The van der Waals surface area contributed by atoms with E-state index in [9.17, 15) is 14.0 Å². The van der Waals surface area contributed by atoms with E-state index in [-0.39, 0.29) is 15.7 Å². The van der Waals surface area contributed by atoms with Crippen LogP contribution in [-0.4, -0.2) is 28.2 Å². The van der Waals surface area contributed by atoms with E-state index in [1.807, 2.05) is 0 Å². The van der Waals surface area contributed by atoms with Gasteiger partial charge in [-0.2, -0.15) is 5.26 Å². The van der Waals surface area contributed by atoms with Crippen LogP contribution in [-0.2, 0) is 9.59 Å². The molecular weight excluding hydrogens is 323 g/mol. The van der Waals surface area contributed by atoms with Crippen molar-refractivity contribution < 1.29 is 24.2 Å². The number of halogens is 2. The SMILES string of the molecule is N#Cc1ccc(NC(CC(=O)O)C(=O)O)c(F)c1Br. The molecule has 0 aliphatic carbocycles. The third-order valence-electron chi connectivity index (χ3n) is 2.21. The van der Waals surface area contributed by atoms with Crippen LogP contribution in [0.5, 0.6) is 0 Å². The molecule has 0 aliphatic rings. The van der Waals surface area contributed by atoms with E-state index in [1.165, 1.54) is 12.1 Å². The predicted octanol–water partition coefficient (Wildman–Crippen LogP) is 1.80. The number of anilines is 1. The van der Waals surface area contributed by atoms with Crippen molar-refractivity contribution in [2.24, 2.45) is 0 Å². The van der Waals surface area contributed by atoms with Gasteiger partial charge in [-0.15, -0.1) is 0 Å². The zero-order valence-corrected chi connectivity index (χ0v) is 10.9. The number of carbonyl (C=O) groups is 2. The van der Waals surface area contributed by atoms with Crippen LogP contribution in [0.15, 0.2) is 16.6 Å². The van der Waals surface area contributed by atoms with Crippen molar-refractivity contribution in [1.29, 1.82) is 5.26 Å². The van der Waals surface area contributed by atoms with E-state index in [0.717, 1.165) is 0 Å². The number of nitrogens with one attached hydrogen (secondary N) is 1. The molecule has 0 radical (unpaired) electrons. The first-order valence-corrected chi connectivity index (χ1v) is 5.75. The lowest BCUT2D eigenvalue weighted by Gasteiger charge is -2.15. The van der Waals surface area contributed by atoms with Crippen molar-refractivity contribution in [3.8, 4) is 6.07 Å². The van der Waals surface area contributed by atoms with Crippen molar-refractivity contribution in [1.82, 2.24) is 0 Å². The second-order valence-electron chi connectivity index (χ2n) is 3.53. The van der Waals surface area contributed by atoms with Gasteiger partial charge >= 0.3 is 11.9 Å². The summed E-state index contributed by atoms with van der Waals surface area (Å²) in [6.07, 6.45) is -0.702. The average Bonchev–Trinajstić information content (AvgIpc) is 2.33. The molecule has 0 saturated carbocycles. The first-order chi connectivity index (χ1) is 8.86. The minimum Gasteiger partial charge on any atom is -0.481 e. The number of hydrogen-bond acceptors (Lipinski definition) is 4. The van der Waals surface area contributed by atoms with Crippen molar-refractivity contribution in [2.75, 3.05) is 5.32 Å². The van der Waals surface area contributed by atoms with Gasteiger partial charge in [-0.05, 0) is 28.1 Å². The van der Waals surface area contributed by atoms with Crippen LogP contribution in [0.4, 0.5) is 10.1 Å². The monoisotopic (exact) mass is 330 g/mol. The molecule has 3 N–H and O–H groups in total. The molecular formula is C11H8BrFN2O4. The molecule has 1 rings (SSSR count). The van der Waals surface area contributed by atoms with Gasteiger partial charge in [-0.25, -0.2) is 9.18 Å². The van der Waals surface area contributed by atoms with Gasteiger partial charge in [0.25, 0.3) is 0 Å². The second-order valence-corrected chi connectivity index (χ2v) is 4.33. The molecule has 0 bridgehead atoms. The molecule has 0 saturated heterocycles. The van der Waals surface area contributed by atoms with Crippen LogP contribution in [0.25, 0.3) is 0 Å². The van der Waals surface area contributed by atoms with Crippen LogP contribution < -0.4 is 5.32 Å². The Labute approximate surface area is 115 Å². The summed E-state index contributed by atoms with van der Waals surface area (Å²) in [7, 11) is 0. The molecule has 19 heavy (non-hydrogen) atoms. The Balaban J connectivity index is 3.04. The summed E-state index contributed by atoms with van der Waals surface area (Å²) in [6, 6.07) is 2.74. The van der Waals surface area contributed by atoms with Gasteiger partial charge in [0.2, 0.25) is 0 Å². The molecule has 0 aliphatic heterocycles. The van der Waals surface area contributed by atoms with Crippen LogP contribution >= 0.6 is 15.9 Å². The predicted molar refractivity (Wildman–Crippen MR) is 66.1 cm³/mol. The molecule has 8 heteroatoms. The second kappa shape index (κ2) is 6.15. The fraction of sp³-hybridized carbons (Fsp3) is 0.182. The molecule has 100 valence electrons. The van der Waals surface area contributed by atoms with Crippen LogP contribution in [0.3, 0.4) is 0 Å². The van der Waals surface area contributed by atoms with Gasteiger partial charge in [-0.3, -0.25) is 4.79 Å². The Bertz CT molecular complexity index is 571. The lowest BCUT2D eigenvalue weighted by molar-refractivity contribution is -0.144. The number of carboxylic acids is 2. The highest BCUT2D eigenvalue weighted by Crippen LogP contribution is 2.27. The molecule has 0 amide bonds. The van der Waals surface area contributed by atoms with Gasteiger partial charge in [0, 0.05) is 0 Å². The number of hydrogen-bond donors (Lipinski definition) is 3. The molecule has 0 fully saturated rings. The number of rotatable bonds is 5. The molecule has 1 atom stereocenters. The summed E-state index contributed by atoms with van der Waals surface area (Å²) in [6.45, 7) is 0. The number of aliphatic carboxylic acids is 2. The molecule has 0 spiro atoms. The van der Waals surface area contributed by atoms with Gasteiger partial charge in [0.1, 0.15) is 12.1 Å². The van der Waals surface area contributed by atoms with E-state index in [2.05, 4.69) is 21.2 Å². The Kier molecular flexibility index (Phi) is 4.83. The Morgan fingerprint density at radius 2 is 2.11 bits per heavy atom. The van der Waals surface area contributed by atoms with Gasteiger partial charge in [0.05, 0.1) is 22.1 Å². The Morgan fingerprint density at radius 3 is 2.58 bits per heavy atom. The van der Waals surface area contributed by atoms with Crippen molar-refractivity contribution in [3.05, 3.63) is 28.0 Å². The molecule has 0 heterocycles. The number of carboxylic acid groups (broad SMARTS) is 2. The van der Waals surface area contributed by atoms with E-state index in [4.69, 9.17) is 15.5 Å². The molecule has 1 aromatic rings. The summed E-state index contributed by atoms with van der Waals surface area (Å²) in [4.78, 5) is 21.4. The lowest BCUT2D eigenvalue weighted by Crippen LogP contribution is -2.32. The quantitative estimate of drug-likeness (QED) is 0.759. The zero-order valence-electron chi connectivity index (χ0n) is 9.35. The third-order valence-corrected chi connectivity index (χ3v) is 2.98. The molecule has 1 aromatic carbocycles. The van der Waals surface area contributed by atoms with Crippen molar-refractivity contribution in [2.45, 2.75) is 12.5 Å². The fourth-order valence-corrected chi connectivity index (χ4v) is 1.74. The van der Waals surface area contributed by atoms with E-state index in [0.29, 0.717) is 0 Å². The highest BCUT2D eigenvalue weighted by Gasteiger charge is 2.23. The number of nitriles is 1. The Morgan fingerprint density at radius 1 is 1.47 bits per heavy atom. The van der Waals surface area contributed by atoms with Crippen LogP contribution in [0.1, 0.15) is 12.0 Å². The first kappa shape index (κ1) is 14.9. The summed E-state index contributed by atoms with van der Waals surface area (Å²) >= 11 is 2.87. The summed E-state index contributed by atoms with van der Waals surface area (Å²) in [5.41, 5.74) is -0.146. The Hall–Kier alpha value is -2.14. The van der Waals surface area contributed by atoms with Gasteiger partial charge < -0.3 is 15.5 Å². The molecule has 1 unspecified atom stereocenters. The van der Waals surface area contributed by atoms with Crippen molar-refractivity contribution >= 4 is 33.6 Å². The smallest absolute Gasteiger partial charge is 0.326 e. The topological polar surface area (TPSA) is 110 Å². The maximum atomic E-state index is 13.8. The highest BCUT2D eigenvalue weighted by atomic mass is 79.9. The van der Waals surface area contributed by atoms with Crippen LogP contribution in [0.2, 0.25) is 0 Å². The van der Waals surface area contributed by atoms with Crippen LogP contribution in [0, 0.1) is 17.1 Å². The number of benzene rings is 1. The van der Waals surface area contributed by atoms with E-state index in [1.54, 1.807) is 6.07 Å². The summed E-state index contributed by atoms with van der Waals surface area (Å²) in [5, 5.41) is 28.4. The fourth-order valence-electron chi connectivity index (χ4n) is 1.31. The van der Waals surface area contributed by atoms with Gasteiger partial charge in [0.15, 0.2) is 5.82 Å². The third kappa shape index (κ3) is 3.66. The summed E-state index contributed by atoms with van der Waals surface area (Å²) in [5.74, 6) is -3.59. The van der Waals surface area contributed by atoms with E-state index < -0.39 is 30.2 Å². The van der Waals surface area contributed by atoms with E-state index >= 15 is 0 Å². The number of nitrogens with zero attached hydrogens (tertiary/aromatic N) is 1. The highest BCUT2D eigenvalue weighted by molar-refractivity contribution is 9.10. The minimum atomic E-state index is -1.47. The first-order valence-electron chi connectivity index (χ1n) is 4.96. The minimum absolute atomic E-state index is 0.0492. The normalized spacial score (nSPS) is 11.4.